The normalized spacial score (nSPS) is 9.00. The molecule has 0 amide bonds. The molecule has 0 aliphatic carbocycles. The first-order valence-corrected chi connectivity index (χ1v) is 3.83. The molecule has 0 aliphatic heterocycles. The molecule has 1 aromatic rings. The van der Waals surface area contributed by atoms with Crippen molar-refractivity contribution in [2.75, 3.05) is 0 Å². The maximum atomic E-state index is 10.3. The van der Waals surface area contributed by atoms with Crippen LogP contribution >= 0.6 is 0 Å². The molecule has 0 radical (unpaired) electrons. The van der Waals surface area contributed by atoms with Gasteiger partial charge in [-0.15, -0.1) is 0 Å². The zero-order valence-electron chi connectivity index (χ0n) is 5.48. The minimum absolute atomic E-state index is 0.0179. The Morgan fingerprint density at radius 1 is 1.45 bits per heavy atom. The molecule has 0 saturated carbocycles. The van der Waals surface area contributed by atoms with E-state index in [0.29, 0.717) is 5.75 Å². The standard InChI is InChI=1S/C6H5NO3.Zr/c8-6-4-2-1-3-5(6)7(9)10;/h1-4,8H;/q;+1/p-1. The second-order valence-corrected chi connectivity index (χ2v) is 2.33. The van der Waals surface area contributed by atoms with Crippen LogP contribution in [0.3, 0.4) is 0 Å². The van der Waals surface area contributed by atoms with Gasteiger partial charge in [0.25, 0.3) is 0 Å². The topological polar surface area (TPSA) is 52.4 Å². The fraction of sp³-hybridized carbons (Fsp3) is 0. The van der Waals surface area contributed by atoms with Crippen molar-refractivity contribution in [3.05, 3.63) is 34.4 Å². The van der Waals surface area contributed by atoms with Crippen molar-refractivity contribution in [3.63, 3.8) is 0 Å². The Labute approximate surface area is 78.8 Å². The summed E-state index contributed by atoms with van der Waals surface area (Å²) in [6.45, 7) is 0. The molecule has 0 atom stereocenters. The second kappa shape index (κ2) is 3.62. The van der Waals surface area contributed by atoms with Crippen molar-refractivity contribution in [1.82, 2.24) is 0 Å². The van der Waals surface area contributed by atoms with Crippen LogP contribution in [-0.2, 0) is 25.2 Å². The average Bonchev–Trinajstić information content (AvgIpc) is 2.04. The number of nitro benzene ring substituents is 1. The van der Waals surface area contributed by atoms with Gasteiger partial charge >= 0.3 is 78.7 Å². The van der Waals surface area contributed by atoms with E-state index in [1.54, 1.807) is 18.2 Å². The molecule has 0 aromatic heterocycles. The Hall–Kier alpha value is -0.697. The Kier molecular flexibility index (Phi) is 2.77. The van der Waals surface area contributed by atoms with Crippen LogP contribution in [0.25, 0.3) is 0 Å². The molecule has 5 heteroatoms. The van der Waals surface area contributed by atoms with E-state index in [0.717, 1.165) is 25.2 Å². The minimum atomic E-state index is -0.459. The SMILES string of the molecule is O=[N+]([O-])c1ccccc1[O][Zr]. The third-order valence-electron chi connectivity index (χ3n) is 1.17. The van der Waals surface area contributed by atoms with E-state index in [-0.39, 0.29) is 5.69 Å². The van der Waals surface area contributed by atoms with Gasteiger partial charge in [0, 0.05) is 0 Å². The first-order valence-electron chi connectivity index (χ1n) is 2.82. The van der Waals surface area contributed by atoms with Gasteiger partial charge < -0.3 is 0 Å². The maximum absolute atomic E-state index is 10.3. The van der Waals surface area contributed by atoms with E-state index in [9.17, 15) is 10.1 Å². The summed E-state index contributed by atoms with van der Waals surface area (Å²) < 4.78 is 4.85. The summed E-state index contributed by atoms with van der Waals surface area (Å²) in [5, 5.41) is 10.3. The van der Waals surface area contributed by atoms with Crippen LogP contribution in [-0.4, -0.2) is 4.92 Å². The third-order valence-corrected chi connectivity index (χ3v) is 1.71. The average molecular weight is 229 g/mol. The monoisotopic (exact) mass is 228 g/mol. The molecule has 0 bridgehead atoms. The molecule has 11 heavy (non-hydrogen) atoms. The van der Waals surface area contributed by atoms with Crippen LogP contribution in [0.2, 0.25) is 0 Å². The Morgan fingerprint density at radius 2 is 2.09 bits per heavy atom. The van der Waals surface area contributed by atoms with Gasteiger partial charge in [-0.3, -0.25) is 0 Å². The number of rotatable bonds is 2. The molecule has 0 saturated heterocycles. The van der Waals surface area contributed by atoms with E-state index in [4.69, 9.17) is 2.81 Å². The van der Waals surface area contributed by atoms with Gasteiger partial charge in [-0.25, -0.2) is 0 Å². The molecule has 0 N–H and O–H groups in total. The van der Waals surface area contributed by atoms with Crippen molar-refractivity contribution < 1.29 is 32.9 Å². The summed E-state index contributed by atoms with van der Waals surface area (Å²) in [6.07, 6.45) is 0. The van der Waals surface area contributed by atoms with Crippen LogP contribution in [0.5, 0.6) is 5.75 Å². The molecular formula is C6H4NO3Zr. The third kappa shape index (κ3) is 1.87. The fourth-order valence-electron chi connectivity index (χ4n) is 0.694. The zero-order valence-corrected chi connectivity index (χ0v) is 7.94. The number of nitro groups is 1. The van der Waals surface area contributed by atoms with Crippen molar-refractivity contribution >= 4 is 5.69 Å². The second-order valence-electron chi connectivity index (χ2n) is 1.83. The van der Waals surface area contributed by atoms with Gasteiger partial charge in [0.05, 0.1) is 0 Å². The van der Waals surface area contributed by atoms with Gasteiger partial charge in [-0.2, -0.15) is 0 Å². The fourth-order valence-corrected chi connectivity index (χ4v) is 1.12. The predicted octanol–water partition coefficient (Wildman–Crippen LogP) is 1.44. The van der Waals surface area contributed by atoms with Crippen molar-refractivity contribution in [2.24, 2.45) is 0 Å². The summed E-state index contributed by atoms with van der Waals surface area (Å²) in [5.41, 5.74) is 0.0179. The molecule has 0 spiro atoms. The van der Waals surface area contributed by atoms with Gasteiger partial charge in [-0.05, 0) is 0 Å². The Bertz CT molecular complexity index is 276. The zero-order chi connectivity index (χ0) is 8.27. The molecule has 1 rings (SSSR count). The van der Waals surface area contributed by atoms with Crippen LogP contribution in [0.4, 0.5) is 5.69 Å². The van der Waals surface area contributed by atoms with Crippen molar-refractivity contribution in [1.29, 1.82) is 0 Å². The van der Waals surface area contributed by atoms with E-state index in [1.807, 2.05) is 0 Å². The van der Waals surface area contributed by atoms with Gasteiger partial charge in [-0.1, -0.05) is 0 Å². The van der Waals surface area contributed by atoms with Crippen molar-refractivity contribution in [3.8, 4) is 5.75 Å². The molecule has 0 aliphatic rings. The van der Waals surface area contributed by atoms with Crippen LogP contribution < -0.4 is 2.81 Å². The first kappa shape index (κ1) is 8.40. The predicted molar refractivity (Wildman–Crippen MR) is 33.7 cm³/mol. The first-order chi connectivity index (χ1) is 5.25. The van der Waals surface area contributed by atoms with E-state index in [2.05, 4.69) is 0 Å². The molecule has 4 nitrogen and oxygen atoms in total. The summed E-state index contributed by atoms with van der Waals surface area (Å²) in [5.74, 6) is 0.329. The summed E-state index contributed by atoms with van der Waals surface area (Å²) in [4.78, 5) is 9.86. The summed E-state index contributed by atoms with van der Waals surface area (Å²) in [7, 11) is 0. The van der Waals surface area contributed by atoms with Crippen LogP contribution in [0.1, 0.15) is 0 Å². The number of nitrogens with zero attached hydrogens (tertiary/aromatic N) is 1. The van der Waals surface area contributed by atoms with Gasteiger partial charge in [0.2, 0.25) is 0 Å². The number of benzene rings is 1. The van der Waals surface area contributed by atoms with Gasteiger partial charge in [0.1, 0.15) is 0 Å². The van der Waals surface area contributed by atoms with E-state index < -0.39 is 4.92 Å². The number of hydrogen-bond donors (Lipinski definition) is 0. The molecular weight excluding hydrogens is 225 g/mol. The van der Waals surface area contributed by atoms with Crippen LogP contribution in [0.15, 0.2) is 24.3 Å². The van der Waals surface area contributed by atoms with E-state index in [1.165, 1.54) is 6.07 Å². The molecule has 0 fully saturated rings. The number of hydrogen-bond acceptors (Lipinski definition) is 3. The molecule has 55 valence electrons. The summed E-state index contributed by atoms with van der Waals surface area (Å²) in [6, 6.07) is 6.30. The van der Waals surface area contributed by atoms with Crippen molar-refractivity contribution in [2.45, 2.75) is 0 Å². The quantitative estimate of drug-likeness (QED) is 0.569. The van der Waals surface area contributed by atoms with Gasteiger partial charge in [0.15, 0.2) is 0 Å². The molecule has 1 aromatic carbocycles. The summed E-state index contributed by atoms with van der Waals surface area (Å²) >= 11 is 0.797. The Balaban J connectivity index is 3.12. The van der Waals surface area contributed by atoms with Crippen LogP contribution in [0, 0.1) is 10.1 Å². The van der Waals surface area contributed by atoms with E-state index >= 15 is 0 Å². The molecule has 0 unspecified atom stereocenters. The Morgan fingerprint density at radius 3 is 2.55 bits per heavy atom. The molecule has 0 heterocycles. The number of para-hydroxylation sites is 2.